The van der Waals surface area contributed by atoms with Crippen molar-refractivity contribution in [1.29, 1.82) is 0 Å². The van der Waals surface area contributed by atoms with Crippen molar-refractivity contribution >= 4 is 27.8 Å². The molecule has 4 rings (SSSR count). The lowest BCUT2D eigenvalue weighted by Gasteiger charge is -2.60. The summed E-state index contributed by atoms with van der Waals surface area (Å²) in [4.78, 5) is 23.7. The summed E-state index contributed by atoms with van der Waals surface area (Å²) in [5.41, 5.74) is 0.183. The molecule has 0 aromatic rings. The highest BCUT2D eigenvalue weighted by Gasteiger charge is 2.57. The first-order valence-electron chi connectivity index (χ1n) is 8.37. The number of rotatable bonds is 5. The smallest absolute Gasteiger partial charge is 0.307 e. The van der Waals surface area contributed by atoms with E-state index in [1.807, 2.05) is 6.92 Å². The third kappa shape index (κ3) is 3.34. The molecule has 22 heavy (non-hydrogen) atoms. The highest BCUT2D eigenvalue weighted by molar-refractivity contribution is 9.10. The van der Waals surface area contributed by atoms with Crippen LogP contribution in [0.1, 0.15) is 58.3 Å². The van der Waals surface area contributed by atoms with E-state index in [-0.39, 0.29) is 34.1 Å². The normalized spacial score (nSPS) is 40.3. The quantitative estimate of drug-likeness (QED) is 0.596. The summed E-state index contributed by atoms with van der Waals surface area (Å²) in [6.45, 7) is 1.86. The first kappa shape index (κ1) is 16.3. The molecule has 0 aromatic heterocycles. The summed E-state index contributed by atoms with van der Waals surface area (Å²) in [6, 6.07) is -0.160. The minimum absolute atomic E-state index is 0.0921. The Bertz CT molecular complexity index is 465. The third-order valence-electron chi connectivity index (χ3n) is 5.75. The largest absolute Gasteiger partial charge is 0.469 e. The first-order valence-corrected chi connectivity index (χ1v) is 9.16. The van der Waals surface area contributed by atoms with Gasteiger partial charge in [0, 0.05) is 16.8 Å². The fourth-order valence-electron chi connectivity index (χ4n) is 5.59. The molecule has 4 nitrogen and oxygen atoms in total. The average molecular weight is 372 g/mol. The standard InChI is InChI=1S/C17H26BrNO3/c1-11(3-15(21)22-2)19-14(20)9-16-5-12-4-13(6-16)8-17(18,7-12)10-16/h11-13H,3-10H2,1-2H3,(H,19,20). The molecule has 4 fully saturated rings. The highest BCUT2D eigenvalue weighted by Crippen LogP contribution is 2.65. The van der Waals surface area contributed by atoms with Gasteiger partial charge in [0.05, 0.1) is 13.5 Å². The van der Waals surface area contributed by atoms with Gasteiger partial charge in [-0.05, 0) is 62.7 Å². The second kappa shape index (κ2) is 5.81. The van der Waals surface area contributed by atoms with E-state index in [0.29, 0.717) is 6.42 Å². The van der Waals surface area contributed by atoms with Crippen LogP contribution in [-0.2, 0) is 14.3 Å². The van der Waals surface area contributed by atoms with Crippen LogP contribution in [0.5, 0.6) is 0 Å². The van der Waals surface area contributed by atoms with E-state index in [0.717, 1.165) is 18.3 Å². The van der Waals surface area contributed by atoms with Gasteiger partial charge in [0.15, 0.2) is 0 Å². The number of carbonyl (C=O) groups excluding carboxylic acids is 2. The molecule has 3 atom stereocenters. The van der Waals surface area contributed by atoms with E-state index < -0.39 is 0 Å². The van der Waals surface area contributed by atoms with Crippen LogP contribution in [0, 0.1) is 17.3 Å². The zero-order valence-corrected chi connectivity index (χ0v) is 15.1. The molecule has 4 aliphatic rings. The van der Waals surface area contributed by atoms with Gasteiger partial charge in [-0.2, -0.15) is 0 Å². The molecule has 0 radical (unpaired) electrons. The van der Waals surface area contributed by atoms with Gasteiger partial charge in [-0.3, -0.25) is 9.59 Å². The van der Waals surface area contributed by atoms with Crippen LogP contribution in [0.4, 0.5) is 0 Å². The molecule has 4 bridgehead atoms. The molecule has 0 heterocycles. The summed E-state index contributed by atoms with van der Waals surface area (Å²) < 4.78 is 4.94. The minimum atomic E-state index is -0.276. The number of alkyl halides is 1. The lowest BCUT2D eigenvalue weighted by atomic mass is 9.48. The first-order chi connectivity index (χ1) is 10.3. The summed E-state index contributed by atoms with van der Waals surface area (Å²) in [7, 11) is 1.38. The molecule has 0 spiro atoms. The van der Waals surface area contributed by atoms with Gasteiger partial charge in [0.1, 0.15) is 0 Å². The summed E-state index contributed by atoms with van der Waals surface area (Å²) in [5.74, 6) is 1.40. The molecule has 0 saturated heterocycles. The van der Waals surface area contributed by atoms with E-state index in [1.165, 1.54) is 39.2 Å². The van der Waals surface area contributed by atoms with Crippen LogP contribution < -0.4 is 5.32 Å². The van der Waals surface area contributed by atoms with Crippen LogP contribution >= 0.6 is 15.9 Å². The van der Waals surface area contributed by atoms with Crippen LogP contribution in [0.25, 0.3) is 0 Å². The van der Waals surface area contributed by atoms with Gasteiger partial charge in [0.2, 0.25) is 5.91 Å². The summed E-state index contributed by atoms with van der Waals surface area (Å²) in [5, 5.41) is 2.98. The number of hydrogen-bond acceptors (Lipinski definition) is 3. The van der Waals surface area contributed by atoms with Crippen molar-refractivity contribution in [2.45, 2.75) is 68.7 Å². The van der Waals surface area contributed by atoms with Gasteiger partial charge >= 0.3 is 5.97 Å². The van der Waals surface area contributed by atoms with Crippen LogP contribution in [0.15, 0.2) is 0 Å². The predicted octanol–water partition coefficient (Wildman–Crippen LogP) is 3.18. The zero-order valence-electron chi connectivity index (χ0n) is 13.5. The number of carbonyl (C=O) groups is 2. The number of hydrogen-bond donors (Lipinski definition) is 1. The summed E-state index contributed by atoms with van der Waals surface area (Å²) >= 11 is 3.98. The van der Waals surface area contributed by atoms with E-state index in [1.54, 1.807) is 0 Å². The third-order valence-corrected chi connectivity index (χ3v) is 6.68. The Labute approximate surface area is 140 Å². The number of nitrogens with one attached hydrogen (secondary N) is 1. The molecule has 3 unspecified atom stereocenters. The second-order valence-corrected chi connectivity index (χ2v) is 9.72. The number of esters is 1. The molecule has 4 saturated carbocycles. The topological polar surface area (TPSA) is 55.4 Å². The van der Waals surface area contributed by atoms with E-state index in [4.69, 9.17) is 0 Å². The molecule has 0 aromatic carbocycles. The number of amides is 1. The molecule has 1 amide bonds. The lowest BCUT2D eigenvalue weighted by Crippen LogP contribution is -2.54. The van der Waals surface area contributed by atoms with Crippen molar-refractivity contribution in [2.75, 3.05) is 7.11 Å². The van der Waals surface area contributed by atoms with Crippen molar-refractivity contribution in [1.82, 2.24) is 5.32 Å². The minimum Gasteiger partial charge on any atom is -0.469 e. The van der Waals surface area contributed by atoms with Gasteiger partial charge < -0.3 is 10.1 Å². The molecule has 5 heteroatoms. The molecule has 4 aliphatic carbocycles. The van der Waals surface area contributed by atoms with E-state index >= 15 is 0 Å². The Balaban J connectivity index is 1.58. The predicted molar refractivity (Wildman–Crippen MR) is 87.6 cm³/mol. The Hall–Kier alpha value is -0.580. The molecular weight excluding hydrogens is 346 g/mol. The van der Waals surface area contributed by atoms with Gasteiger partial charge in [0.25, 0.3) is 0 Å². The maximum absolute atomic E-state index is 12.4. The fourth-order valence-corrected chi connectivity index (χ4v) is 7.10. The van der Waals surface area contributed by atoms with Crippen molar-refractivity contribution in [3.8, 4) is 0 Å². The van der Waals surface area contributed by atoms with Crippen LogP contribution in [0.2, 0.25) is 0 Å². The number of halogens is 1. The Morgan fingerprint density at radius 1 is 1.27 bits per heavy atom. The fraction of sp³-hybridized carbons (Fsp3) is 0.882. The monoisotopic (exact) mass is 371 g/mol. The highest BCUT2D eigenvalue weighted by atomic mass is 79.9. The van der Waals surface area contributed by atoms with Crippen LogP contribution in [-0.4, -0.2) is 29.4 Å². The zero-order chi connectivity index (χ0) is 16.0. The van der Waals surface area contributed by atoms with Crippen molar-refractivity contribution < 1.29 is 14.3 Å². The number of ether oxygens (including phenoxy) is 1. The molecule has 0 aliphatic heterocycles. The Kier molecular flexibility index (Phi) is 4.30. The van der Waals surface area contributed by atoms with E-state index in [2.05, 4.69) is 26.0 Å². The Morgan fingerprint density at radius 3 is 2.45 bits per heavy atom. The average Bonchev–Trinajstić information content (AvgIpc) is 2.33. The lowest BCUT2D eigenvalue weighted by molar-refractivity contribution is -0.141. The van der Waals surface area contributed by atoms with Gasteiger partial charge in [-0.15, -0.1) is 0 Å². The van der Waals surface area contributed by atoms with E-state index in [9.17, 15) is 9.59 Å². The second-order valence-electron chi connectivity index (χ2n) is 8.04. The molecular formula is C17H26BrNO3. The Morgan fingerprint density at radius 2 is 1.91 bits per heavy atom. The summed E-state index contributed by atoms with van der Waals surface area (Å²) in [6.07, 6.45) is 8.31. The number of methoxy groups -OCH3 is 1. The van der Waals surface area contributed by atoms with Crippen molar-refractivity contribution in [2.24, 2.45) is 17.3 Å². The SMILES string of the molecule is COC(=O)CC(C)NC(=O)CC12CC3CC(CC(Br)(C3)C1)C2. The molecule has 124 valence electrons. The molecule has 1 N–H and O–H groups in total. The van der Waals surface area contributed by atoms with Gasteiger partial charge in [-0.25, -0.2) is 0 Å². The van der Waals surface area contributed by atoms with Crippen molar-refractivity contribution in [3.63, 3.8) is 0 Å². The van der Waals surface area contributed by atoms with Crippen molar-refractivity contribution in [3.05, 3.63) is 0 Å². The van der Waals surface area contributed by atoms with Crippen LogP contribution in [0.3, 0.4) is 0 Å². The maximum Gasteiger partial charge on any atom is 0.307 e. The van der Waals surface area contributed by atoms with Gasteiger partial charge in [-0.1, -0.05) is 15.9 Å². The maximum atomic E-state index is 12.4.